The highest BCUT2D eigenvalue weighted by atomic mass is 16.6. The highest BCUT2D eigenvalue weighted by Gasteiger charge is 2.23. The molecule has 0 unspecified atom stereocenters. The molecule has 0 aromatic heterocycles. The number of ether oxygens (including phenoxy) is 1. The molecule has 1 saturated heterocycles. The molecule has 4 rings (SSSR count). The minimum atomic E-state index is -0.519. The number of carbonyl (C=O) groups is 2. The number of nitrogens with zero attached hydrogens (tertiary/aromatic N) is 3. The van der Waals surface area contributed by atoms with E-state index in [1.165, 1.54) is 18.2 Å². The summed E-state index contributed by atoms with van der Waals surface area (Å²) in [4.78, 5) is 41.5. The molecule has 9 heteroatoms. The Balaban J connectivity index is 1.56. The quantitative estimate of drug-likeness (QED) is 0.291. The Hall–Kier alpha value is -4.08. The second kappa shape index (κ2) is 11.1. The van der Waals surface area contributed by atoms with Crippen molar-refractivity contribution >= 4 is 28.8 Å². The Morgan fingerprint density at radius 1 is 1.00 bits per heavy atom. The van der Waals surface area contributed by atoms with E-state index in [0.717, 1.165) is 25.2 Å². The van der Waals surface area contributed by atoms with Crippen molar-refractivity contribution < 1.29 is 19.2 Å². The number of carbonyl (C=O) groups excluding carboxylic acids is 2. The molecule has 0 spiro atoms. The molecule has 1 heterocycles. The lowest BCUT2D eigenvalue weighted by atomic mass is 9.97. The molecule has 9 nitrogen and oxygen atoms in total. The maximum atomic E-state index is 13.3. The van der Waals surface area contributed by atoms with Crippen molar-refractivity contribution in [1.82, 2.24) is 4.90 Å². The highest BCUT2D eigenvalue weighted by Crippen LogP contribution is 2.29. The Kier molecular flexibility index (Phi) is 7.72. The summed E-state index contributed by atoms with van der Waals surface area (Å²) < 4.78 is 5.40. The number of hydrogen-bond acceptors (Lipinski definition) is 7. The third-order valence-corrected chi connectivity index (χ3v) is 6.03. The number of nitro groups is 1. The van der Waals surface area contributed by atoms with Crippen molar-refractivity contribution in [1.29, 1.82) is 0 Å². The molecule has 3 aromatic rings. The first kappa shape index (κ1) is 25.0. The van der Waals surface area contributed by atoms with E-state index >= 15 is 0 Å². The van der Waals surface area contributed by atoms with Crippen LogP contribution in [-0.4, -0.2) is 61.9 Å². The third kappa shape index (κ3) is 5.76. The lowest BCUT2D eigenvalue weighted by molar-refractivity contribution is -0.384. The summed E-state index contributed by atoms with van der Waals surface area (Å²) in [6.45, 7) is 3.90. The van der Waals surface area contributed by atoms with Crippen LogP contribution in [-0.2, 0) is 11.3 Å². The van der Waals surface area contributed by atoms with Gasteiger partial charge in [0.1, 0.15) is 5.69 Å². The molecule has 186 valence electrons. The maximum Gasteiger partial charge on any atom is 0.293 e. The van der Waals surface area contributed by atoms with Crippen molar-refractivity contribution in [3.05, 3.63) is 99.1 Å². The van der Waals surface area contributed by atoms with Gasteiger partial charge in [0.05, 0.1) is 23.7 Å². The second-order valence-electron chi connectivity index (χ2n) is 8.77. The van der Waals surface area contributed by atoms with E-state index < -0.39 is 16.6 Å². The summed E-state index contributed by atoms with van der Waals surface area (Å²) in [6.07, 6.45) is 0. The van der Waals surface area contributed by atoms with Crippen LogP contribution < -0.4 is 10.2 Å². The Morgan fingerprint density at radius 2 is 1.72 bits per heavy atom. The third-order valence-electron chi connectivity index (χ3n) is 6.03. The first-order valence-corrected chi connectivity index (χ1v) is 11.6. The van der Waals surface area contributed by atoms with Gasteiger partial charge < -0.3 is 15.0 Å². The van der Waals surface area contributed by atoms with E-state index in [9.17, 15) is 19.7 Å². The van der Waals surface area contributed by atoms with Crippen molar-refractivity contribution in [3.8, 4) is 0 Å². The van der Waals surface area contributed by atoms with Gasteiger partial charge in [-0.1, -0.05) is 30.3 Å². The molecule has 36 heavy (non-hydrogen) atoms. The van der Waals surface area contributed by atoms with Crippen molar-refractivity contribution in [2.75, 3.05) is 50.6 Å². The summed E-state index contributed by atoms with van der Waals surface area (Å²) in [5.74, 6) is -0.892. The number of ketones is 1. The zero-order valence-corrected chi connectivity index (χ0v) is 20.3. The average Bonchev–Trinajstić information content (AvgIpc) is 2.88. The standard InChI is InChI=1S/C27H28N4O5/c1-29(2)24-11-10-20(17-25(24)31(34)35)26(32)22-8-3-4-9-23(22)27(33)28-21-7-5-6-19(16-21)18-30-12-14-36-15-13-30/h3-11,16-17H,12-15,18H2,1-2H3,(H,28,33). The molecule has 1 aliphatic heterocycles. The molecule has 3 aromatic carbocycles. The summed E-state index contributed by atoms with van der Waals surface area (Å²) in [5, 5.41) is 14.5. The molecule has 0 saturated carbocycles. The lowest BCUT2D eigenvalue weighted by Crippen LogP contribution is -2.35. The molecule has 1 N–H and O–H groups in total. The fraction of sp³-hybridized carbons (Fsp3) is 0.259. The smallest absolute Gasteiger partial charge is 0.293 e. The topological polar surface area (TPSA) is 105 Å². The van der Waals surface area contributed by atoms with Crippen LogP contribution in [0.25, 0.3) is 0 Å². The number of nitro benzene ring substituents is 1. The Labute approximate surface area is 209 Å². The molecular weight excluding hydrogens is 460 g/mol. The zero-order valence-electron chi connectivity index (χ0n) is 20.3. The maximum absolute atomic E-state index is 13.3. The number of hydrogen-bond donors (Lipinski definition) is 1. The van der Waals surface area contributed by atoms with Crippen LogP contribution in [0, 0.1) is 10.1 Å². The second-order valence-corrected chi connectivity index (χ2v) is 8.77. The Bertz CT molecular complexity index is 1280. The number of amides is 1. The average molecular weight is 489 g/mol. The van der Waals surface area contributed by atoms with Gasteiger partial charge in [-0.3, -0.25) is 24.6 Å². The van der Waals surface area contributed by atoms with Gasteiger partial charge in [-0.05, 0) is 35.9 Å². The lowest BCUT2D eigenvalue weighted by Gasteiger charge is -2.26. The largest absolute Gasteiger partial charge is 0.379 e. The minimum Gasteiger partial charge on any atom is -0.379 e. The minimum absolute atomic E-state index is 0.139. The molecular formula is C27H28N4O5. The summed E-state index contributed by atoms with van der Waals surface area (Å²) in [5.41, 5.74) is 2.41. The molecule has 1 amide bonds. The van der Waals surface area contributed by atoms with Crippen LogP contribution >= 0.6 is 0 Å². The first-order chi connectivity index (χ1) is 17.3. The van der Waals surface area contributed by atoms with E-state index in [1.807, 2.05) is 18.2 Å². The molecule has 0 aliphatic carbocycles. The predicted octanol–water partition coefficient (Wildman–Crippen LogP) is 3.98. The number of rotatable bonds is 8. The summed E-state index contributed by atoms with van der Waals surface area (Å²) >= 11 is 0. The van der Waals surface area contributed by atoms with Gasteiger partial charge in [0.25, 0.3) is 11.6 Å². The molecule has 1 fully saturated rings. The van der Waals surface area contributed by atoms with E-state index in [-0.39, 0.29) is 22.4 Å². The van der Waals surface area contributed by atoms with E-state index in [4.69, 9.17) is 4.74 Å². The highest BCUT2D eigenvalue weighted by molar-refractivity contribution is 6.18. The fourth-order valence-electron chi connectivity index (χ4n) is 4.19. The van der Waals surface area contributed by atoms with Crippen molar-refractivity contribution in [3.63, 3.8) is 0 Å². The summed E-state index contributed by atoms with van der Waals surface area (Å²) in [7, 11) is 3.39. The number of anilines is 2. The first-order valence-electron chi connectivity index (χ1n) is 11.6. The van der Waals surface area contributed by atoms with Crippen LogP contribution in [0.15, 0.2) is 66.7 Å². The van der Waals surface area contributed by atoms with Gasteiger partial charge in [0.2, 0.25) is 0 Å². The summed E-state index contributed by atoms with van der Waals surface area (Å²) in [6, 6.07) is 18.4. The molecule has 1 aliphatic rings. The van der Waals surface area contributed by atoms with E-state index in [2.05, 4.69) is 10.2 Å². The molecule has 0 atom stereocenters. The van der Waals surface area contributed by atoms with Gasteiger partial charge >= 0.3 is 0 Å². The normalized spacial score (nSPS) is 13.7. The van der Waals surface area contributed by atoms with Crippen LogP contribution in [0.3, 0.4) is 0 Å². The Morgan fingerprint density at radius 3 is 2.42 bits per heavy atom. The van der Waals surface area contributed by atoms with E-state index in [1.54, 1.807) is 49.3 Å². The zero-order chi connectivity index (χ0) is 25.7. The molecule has 0 radical (unpaired) electrons. The molecule has 0 bridgehead atoms. The van der Waals surface area contributed by atoms with Gasteiger partial charge in [-0.15, -0.1) is 0 Å². The SMILES string of the molecule is CN(C)c1ccc(C(=O)c2ccccc2C(=O)Nc2cccc(CN3CCOCC3)c2)cc1[N+](=O)[O-]. The van der Waals surface area contributed by atoms with Crippen molar-refractivity contribution in [2.24, 2.45) is 0 Å². The van der Waals surface area contributed by atoms with Gasteiger partial charge in [0, 0.05) is 56.6 Å². The van der Waals surface area contributed by atoms with Gasteiger partial charge in [0.15, 0.2) is 5.78 Å². The van der Waals surface area contributed by atoms with Crippen molar-refractivity contribution in [2.45, 2.75) is 6.54 Å². The van der Waals surface area contributed by atoms with Gasteiger partial charge in [-0.2, -0.15) is 0 Å². The number of morpholine rings is 1. The monoisotopic (exact) mass is 488 g/mol. The fourth-order valence-corrected chi connectivity index (χ4v) is 4.19. The predicted molar refractivity (Wildman–Crippen MR) is 138 cm³/mol. The van der Waals surface area contributed by atoms with Crippen LogP contribution in [0.2, 0.25) is 0 Å². The van der Waals surface area contributed by atoms with Crippen LogP contribution in [0.1, 0.15) is 31.8 Å². The van der Waals surface area contributed by atoms with Crippen LogP contribution in [0.5, 0.6) is 0 Å². The van der Waals surface area contributed by atoms with Crippen LogP contribution in [0.4, 0.5) is 17.1 Å². The van der Waals surface area contributed by atoms with Gasteiger partial charge in [-0.25, -0.2) is 0 Å². The number of benzene rings is 3. The van der Waals surface area contributed by atoms with E-state index in [0.29, 0.717) is 24.6 Å². The number of nitrogens with one attached hydrogen (secondary N) is 1.